The molecule has 2 aliphatic heterocycles. The fourth-order valence-electron chi connectivity index (χ4n) is 3.82. The van der Waals surface area contributed by atoms with Gasteiger partial charge in [0.1, 0.15) is 28.8 Å². The van der Waals surface area contributed by atoms with Gasteiger partial charge in [0.15, 0.2) is 0 Å². The predicted molar refractivity (Wildman–Crippen MR) is 151 cm³/mol. The molecule has 1 aromatic rings. The number of allylic oxidation sites excluding steroid dienone is 2. The van der Waals surface area contributed by atoms with Crippen molar-refractivity contribution in [2.45, 2.75) is 97.1 Å². The molecule has 5 aliphatic rings. The fourth-order valence-corrected chi connectivity index (χ4v) is 4.03. The first kappa shape index (κ1) is 32.9. The average Bonchev–Trinajstić information content (AvgIpc) is 3.65. The van der Waals surface area contributed by atoms with Crippen LogP contribution in [-0.2, 0) is 38.1 Å². The molecule has 1 N–H and O–H groups in total. The van der Waals surface area contributed by atoms with E-state index in [0.29, 0.717) is 23.2 Å². The van der Waals surface area contributed by atoms with Crippen molar-refractivity contribution in [1.29, 1.82) is 0 Å². The molecule has 0 unspecified atom stereocenters. The highest BCUT2D eigenvalue weighted by Crippen LogP contribution is 2.40. The Balaban J connectivity index is 0.000000207. The Labute approximate surface area is 250 Å². The molecule has 0 radical (unpaired) electrons. The van der Waals surface area contributed by atoms with E-state index in [9.17, 15) is 24.0 Å². The van der Waals surface area contributed by atoms with Gasteiger partial charge in [-0.2, -0.15) is 0 Å². The molecule has 1 aromatic heterocycles. The van der Waals surface area contributed by atoms with Crippen LogP contribution < -0.4 is 5.63 Å². The molecule has 6 rings (SSSR count). The van der Waals surface area contributed by atoms with Crippen LogP contribution in [0.1, 0.15) is 92.7 Å². The third-order valence-electron chi connectivity index (χ3n) is 6.11. The van der Waals surface area contributed by atoms with Crippen LogP contribution in [-0.4, -0.2) is 39.6 Å². The normalized spacial score (nSPS) is 21.3. The second kappa shape index (κ2) is 13.6. The Morgan fingerprint density at radius 2 is 1.40 bits per heavy atom. The highest BCUT2D eigenvalue weighted by molar-refractivity contribution is 6.64. The first-order valence-electron chi connectivity index (χ1n) is 13.8. The lowest BCUT2D eigenvalue weighted by molar-refractivity contribution is -0.206. The number of cyclic esters (lactones) is 2. The largest absolute Gasteiger partial charge is 0.508 e. The second-order valence-corrected chi connectivity index (χ2v) is 11.9. The summed E-state index contributed by atoms with van der Waals surface area (Å²) in [6, 6.07) is 2.59. The summed E-state index contributed by atoms with van der Waals surface area (Å²) >= 11 is 5.04. The Hall–Kier alpha value is -3.60. The van der Waals surface area contributed by atoms with Crippen molar-refractivity contribution in [3.05, 3.63) is 52.0 Å². The maximum atomic E-state index is 11.5. The predicted octanol–water partition coefficient (Wildman–Crippen LogP) is 5.38. The Kier molecular flexibility index (Phi) is 10.6. The first-order valence-corrected chi connectivity index (χ1v) is 14.2. The van der Waals surface area contributed by atoms with Gasteiger partial charge in [-0.3, -0.25) is 9.59 Å². The minimum Gasteiger partial charge on any atom is -0.508 e. The van der Waals surface area contributed by atoms with Crippen molar-refractivity contribution < 1.29 is 49.1 Å². The van der Waals surface area contributed by atoms with Crippen LogP contribution in [0.15, 0.2) is 45.0 Å². The number of aromatic hydroxyl groups is 1. The summed E-state index contributed by atoms with van der Waals surface area (Å²) in [6.45, 7) is 8.42. The molecule has 0 atom stereocenters. The smallest absolute Gasteiger partial charge is 0.339 e. The number of ether oxygens (including phenoxy) is 4. The van der Waals surface area contributed by atoms with E-state index < -0.39 is 23.2 Å². The number of halogens is 1. The summed E-state index contributed by atoms with van der Waals surface area (Å²) in [6.07, 6.45) is 8.89. The minimum atomic E-state index is -0.953. The van der Waals surface area contributed by atoms with Gasteiger partial charge >= 0.3 is 17.6 Å². The number of Topliss-reactive ketones (excluding diaryl/α,β-unsaturated/α-hetero) is 1. The number of ketones is 1. The lowest BCUT2D eigenvalue weighted by atomic mass is 10.1. The van der Waals surface area contributed by atoms with Crippen molar-refractivity contribution in [2.75, 3.05) is 0 Å². The molecule has 3 aliphatic carbocycles. The van der Waals surface area contributed by atoms with E-state index in [1.807, 2.05) is 0 Å². The zero-order valence-electron chi connectivity index (χ0n) is 24.4. The monoisotopic (exact) mass is 612 g/mol. The van der Waals surface area contributed by atoms with Crippen LogP contribution in [0.2, 0.25) is 0 Å². The van der Waals surface area contributed by atoms with E-state index in [1.54, 1.807) is 34.6 Å². The summed E-state index contributed by atoms with van der Waals surface area (Å²) in [4.78, 5) is 54.1. The van der Waals surface area contributed by atoms with Crippen LogP contribution in [0, 0.1) is 11.8 Å². The number of rotatable bonds is 5. The molecule has 0 spiro atoms. The van der Waals surface area contributed by atoms with Crippen molar-refractivity contribution in [2.24, 2.45) is 11.8 Å². The third kappa shape index (κ3) is 12.1. The summed E-state index contributed by atoms with van der Waals surface area (Å²) in [5.74, 6) is 0.0657. The molecular formula is C30H39ClO11. The highest BCUT2D eigenvalue weighted by Gasteiger charge is 2.35. The molecule has 0 bridgehead atoms. The van der Waals surface area contributed by atoms with Gasteiger partial charge in [-0.1, -0.05) is 0 Å². The van der Waals surface area contributed by atoms with Crippen molar-refractivity contribution in [1.82, 2.24) is 0 Å². The quantitative estimate of drug-likeness (QED) is 0.336. The number of hydrogen-bond donors (Lipinski definition) is 1. The van der Waals surface area contributed by atoms with Gasteiger partial charge in [-0.25, -0.2) is 14.4 Å². The van der Waals surface area contributed by atoms with E-state index in [0.717, 1.165) is 44.6 Å². The van der Waals surface area contributed by atoms with Crippen LogP contribution in [0.3, 0.4) is 0 Å². The Bertz CT molecular complexity index is 1320. The van der Waals surface area contributed by atoms with Crippen molar-refractivity contribution in [3.63, 3.8) is 0 Å². The van der Waals surface area contributed by atoms with Gasteiger partial charge in [-0.15, -0.1) is 0 Å². The number of carbonyl (C=O) groups excluding carboxylic acids is 4. The summed E-state index contributed by atoms with van der Waals surface area (Å²) in [5, 5.41) is 8.85. The molecule has 3 heterocycles. The number of carbonyl (C=O) groups is 4. The standard InChI is InChI=1S/C11H14O4.C8H8O3.C7H10O3.C4H5ClO.H2/c1-11(2)14-8(6-10(13)15-11)5-9(12)7-3-4-7;9-6-3-7(5-1-2-5)11-8(10)4-6;1-5-4-6(8)10-7(2,3)9-5;5-4(6)3-1-2-3;/h6-7H,3-5H2,1-2H3;3-5,9H,1-2H2;4H,1-3H3;3H,1-2H2;1H/i;;;;1+2. The number of hydrogen-bond acceptors (Lipinski definition) is 11. The van der Waals surface area contributed by atoms with E-state index in [2.05, 4.69) is 0 Å². The van der Waals surface area contributed by atoms with Gasteiger partial charge < -0.3 is 28.5 Å². The molecule has 42 heavy (non-hydrogen) atoms. The molecule has 0 amide bonds. The van der Waals surface area contributed by atoms with Gasteiger partial charge in [0.05, 0.1) is 24.6 Å². The minimum absolute atomic E-state index is 0. The van der Waals surface area contributed by atoms with Crippen molar-refractivity contribution in [3.8, 4) is 5.75 Å². The van der Waals surface area contributed by atoms with Crippen LogP contribution in [0.4, 0.5) is 0 Å². The van der Waals surface area contributed by atoms with Crippen LogP contribution in [0.5, 0.6) is 5.75 Å². The van der Waals surface area contributed by atoms with E-state index in [-0.39, 0.29) is 42.4 Å². The Morgan fingerprint density at radius 3 is 1.81 bits per heavy atom. The average molecular weight is 613 g/mol. The summed E-state index contributed by atoms with van der Waals surface area (Å²) in [7, 11) is 0. The van der Waals surface area contributed by atoms with Gasteiger partial charge in [-0.05, 0) is 57.0 Å². The van der Waals surface area contributed by atoms with E-state index in [4.69, 9.17) is 40.1 Å². The van der Waals surface area contributed by atoms with Crippen LogP contribution in [0.25, 0.3) is 0 Å². The van der Waals surface area contributed by atoms with E-state index >= 15 is 0 Å². The summed E-state index contributed by atoms with van der Waals surface area (Å²) in [5.41, 5.74) is -0.466. The first-order chi connectivity index (χ1) is 19.5. The molecule has 0 saturated heterocycles. The van der Waals surface area contributed by atoms with Gasteiger partial charge in [0.25, 0.3) is 0 Å². The molecule has 11 nitrogen and oxygen atoms in total. The zero-order valence-corrected chi connectivity index (χ0v) is 25.2. The number of esters is 2. The Morgan fingerprint density at radius 1 is 0.857 bits per heavy atom. The van der Waals surface area contributed by atoms with Gasteiger partial charge in [0.2, 0.25) is 16.8 Å². The second-order valence-electron chi connectivity index (χ2n) is 11.5. The zero-order chi connectivity index (χ0) is 31.2. The van der Waals surface area contributed by atoms with Crippen LogP contribution >= 0.6 is 11.6 Å². The topological polar surface area (TPSA) is 156 Å². The maximum Gasteiger partial charge on any atom is 0.339 e. The highest BCUT2D eigenvalue weighted by atomic mass is 35.5. The van der Waals surface area contributed by atoms with Gasteiger partial charge in [0, 0.05) is 52.9 Å². The molecule has 0 aromatic carbocycles. The SMILES string of the molecule is CC1(C)OC(=O)C=C(CC(=O)C2CC2)O1.CC1=CC(=O)OC(C)(C)O1.O=C(Cl)C1CC1.O=c1cc(O)cc(C2CC2)o1.[3HH]. The molecule has 12 heteroatoms. The lowest BCUT2D eigenvalue weighted by Gasteiger charge is -2.30. The van der Waals surface area contributed by atoms with Crippen molar-refractivity contribution >= 4 is 34.6 Å². The lowest BCUT2D eigenvalue weighted by Crippen LogP contribution is -2.34. The molecule has 3 fully saturated rings. The molecule has 3 saturated carbocycles. The third-order valence-corrected chi connectivity index (χ3v) is 6.42. The molecular weight excluding hydrogens is 572 g/mol. The summed E-state index contributed by atoms with van der Waals surface area (Å²) < 4.78 is 25.1. The maximum absolute atomic E-state index is 11.5. The fraction of sp³-hybridized carbons (Fsp3) is 0.567. The molecule has 232 valence electrons. The van der Waals surface area contributed by atoms with E-state index in [1.165, 1.54) is 18.2 Å².